The molecule has 36 heteroatoms. The van der Waals surface area contributed by atoms with Crippen LogP contribution in [-0.2, 0) is 90.3 Å². The third-order valence-electron chi connectivity index (χ3n) is 28.7. The number of Topliss-reactive ketones (excluding diaryl/α,β-unsaturated/α-hetero) is 3. The Bertz CT molecular complexity index is 6460. The zero-order valence-corrected chi connectivity index (χ0v) is 77.4. The predicted octanol–water partition coefficient (Wildman–Crippen LogP) is 9.13. The molecule has 0 amide bonds. The molecule has 11 saturated heterocycles. The van der Waals surface area contributed by atoms with Crippen molar-refractivity contribution in [2.45, 2.75) is 230 Å². The molecule has 36 nitrogen and oxygen atoms in total. The number of carbonyl (C=O) groups is 5. The average Bonchev–Trinajstić information content (AvgIpc) is 1.52. The first-order valence-corrected chi connectivity index (χ1v) is 46.7. The van der Waals surface area contributed by atoms with Crippen molar-refractivity contribution in [1.29, 1.82) is 0 Å². The quantitative estimate of drug-likeness (QED) is 0.113. The van der Waals surface area contributed by atoms with Crippen molar-refractivity contribution in [3.63, 3.8) is 0 Å². The molecule has 0 radical (unpaired) electrons. The van der Waals surface area contributed by atoms with E-state index in [9.17, 15) is 29.1 Å². The van der Waals surface area contributed by atoms with Gasteiger partial charge >= 0.3 is 12.2 Å². The number of rotatable bonds is 6. The van der Waals surface area contributed by atoms with E-state index in [1.54, 1.807) is 26.0 Å². The third kappa shape index (κ3) is 15.2. The second-order valence-electron chi connectivity index (χ2n) is 40.5. The van der Waals surface area contributed by atoms with Gasteiger partial charge in [0.15, 0.2) is 152 Å². The lowest BCUT2D eigenvalue weighted by atomic mass is 9.80. The van der Waals surface area contributed by atoms with Crippen molar-refractivity contribution in [2.24, 2.45) is 21.8 Å². The van der Waals surface area contributed by atoms with Gasteiger partial charge < -0.3 is 134 Å². The van der Waals surface area contributed by atoms with Crippen LogP contribution in [0.25, 0.3) is 17.2 Å². The van der Waals surface area contributed by atoms with Crippen LogP contribution in [0.2, 0.25) is 0 Å². The Kier molecular flexibility index (Phi) is 20.7. The number of allylic oxidation sites excluding steroid dienone is 3. The molecular weight excluding hydrogens is 1810 g/mol. The Morgan fingerprint density at radius 1 is 0.414 bits per heavy atom. The highest BCUT2D eigenvalue weighted by Gasteiger charge is 2.66. The standard InChI is InChI=1S/2C17H15NO5.4C17H17NO5.2CH4/c2*1-17(2)22-15-13-12(14(19)16(15)23-17)8-4-11-10(20-6-21-11)3-7(8)9-5-18(9)13;2*1-17(2)22-15-10(6-12(19)16(15)23-17)18-7-11(18)9-3-4-13-14(5-9)21-8-20-13;1-17(2)22-15-13-12(14(19)16(15)23-17)9-6-11-10(20-7-21-11)5-8(9)3-4-18-13;1-17(2)22-15-11(8-12(19)16(15)23-17)18-6-5-10-3-4-13-14(7-10)21-9-20-13;;/h2*3-4,9,15-16H,5-6H2,1-2H3;2*3-6,11,15-16H,7-8H2,1-2H3;3,5-6,9,12,15-16H,4,7H2,1-2H3;3-5,7-8,15-16H,6,9H2,1-2H3;2*1H4/b;;;;;10-5+;;/t2*9?,15-,16+,18?;11-,15+,16-,18?;11-,15-,16+,18?;9?,12?,15-,16+;15-,16+;;/m001000../s1. The van der Waals surface area contributed by atoms with E-state index in [4.69, 9.17) is 113 Å². The maximum Gasteiger partial charge on any atom is 0.412 e. The first kappa shape index (κ1) is 90.3. The topological polar surface area (TPSA) is 369 Å². The van der Waals surface area contributed by atoms with Crippen molar-refractivity contribution in [3.05, 3.63) is 209 Å². The monoisotopic (exact) mass is 1920 g/mol. The second kappa shape index (κ2) is 32.1. The largest absolute Gasteiger partial charge is 0.874 e. The fraction of sp³-hybridized carbons (Fsp3) is 0.481. The molecule has 0 spiro atoms. The van der Waals surface area contributed by atoms with Crippen LogP contribution < -0.4 is 58.4 Å². The lowest BCUT2D eigenvalue weighted by Gasteiger charge is -2.26. The van der Waals surface area contributed by atoms with Gasteiger partial charge in [0.2, 0.25) is 39.7 Å². The minimum Gasteiger partial charge on any atom is -0.874 e. The number of carbonyl (C=O) groups excluding carboxylic acids is 5. The van der Waals surface area contributed by atoms with Gasteiger partial charge in [0.05, 0.1) is 88.5 Å². The van der Waals surface area contributed by atoms with Crippen molar-refractivity contribution in [3.8, 4) is 51.7 Å². The molecule has 0 aromatic heterocycles. The first-order chi connectivity index (χ1) is 66.2. The fourth-order valence-corrected chi connectivity index (χ4v) is 22.6. The predicted molar refractivity (Wildman–Crippen MR) is 488 cm³/mol. The molecule has 31 rings (SSSR count). The molecule has 12 fully saturated rings. The van der Waals surface area contributed by atoms with Gasteiger partial charge in [-0.05, 0) is 206 Å². The van der Waals surface area contributed by atoms with Gasteiger partial charge in [0.1, 0.15) is 42.7 Å². The van der Waals surface area contributed by atoms with Crippen molar-refractivity contribution >= 4 is 57.6 Å². The summed E-state index contributed by atoms with van der Waals surface area (Å²) in [6.45, 7) is 28.1. The van der Waals surface area contributed by atoms with Gasteiger partial charge in [0.25, 0.3) is 0 Å². The summed E-state index contributed by atoms with van der Waals surface area (Å²) in [6.07, 6.45) is 7.63. The molecule has 5 aromatic rings. The Morgan fingerprint density at radius 2 is 0.850 bits per heavy atom. The minimum atomic E-state index is -0.749. The Labute approximate surface area is 804 Å². The van der Waals surface area contributed by atoms with Gasteiger partial charge in [-0.2, -0.15) is 0 Å². The number of fused-ring (bicyclic) bond motifs is 28. The second-order valence-corrected chi connectivity index (χ2v) is 40.5. The minimum absolute atomic E-state index is 0. The highest BCUT2D eigenvalue weighted by atomic mass is 16.8. The summed E-state index contributed by atoms with van der Waals surface area (Å²) in [4.78, 5) is 81.2. The molecule has 5 aromatic carbocycles. The van der Waals surface area contributed by atoms with Gasteiger partial charge in [-0.3, -0.25) is 34.0 Å². The number of hydrogen-bond acceptors (Lipinski definition) is 35. The smallest absolute Gasteiger partial charge is 0.412 e. The summed E-state index contributed by atoms with van der Waals surface area (Å²) in [5.74, 6) is 3.43. The Morgan fingerprint density at radius 3 is 1.38 bits per heavy atom. The summed E-state index contributed by atoms with van der Waals surface area (Å²) < 4.78 is 135. The van der Waals surface area contributed by atoms with Crippen LogP contribution in [0, 0.1) is 11.8 Å². The van der Waals surface area contributed by atoms with Crippen LogP contribution in [-0.4, -0.2) is 248 Å². The highest BCUT2D eigenvalue weighted by molar-refractivity contribution is 6.29. The highest BCUT2D eigenvalue weighted by Crippen LogP contribution is 2.62. The zero-order valence-electron chi connectivity index (χ0n) is 77.4. The first-order valence-electron chi connectivity index (χ1n) is 46.7. The van der Waals surface area contributed by atoms with E-state index in [1.807, 2.05) is 172 Å². The van der Waals surface area contributed by atoms with E-state index in [2.05, 4.69) is 29.6 Å². The molecule has 7 aliphatic carbocycles. The maximum atomic E-state index is 13.0. The summed E-state index contributed by atoms with van der Waals surface area (Å²) in [5.41, 5.74) is 15.0. The molecule has 18 atom stereocenters. The van der Waals surface area contributed by atoms with Crippen LogP contribution in [0.5, 0.6) is 51.7 Å². The Hall–Kier alpha value is -12.3. The van der Waals surface area contributed by atoms with E-state index in [0.717, 1.165) is 161 Å². The van der Waals surface area contributed by atoms with Gasteiger partial charge in [0, 0.05) is 50.3 Å². The van der Waals surface area contributed by atoms with Crippen LogP contribution in [0.3, 0.4) is 0 Å². The number of nitrogens with zero attached hydrogens (tertiary/aromatic N) is 6. The van der Waals surface area contributed by atoms with E-state index in [1.165, 1.54) is 6.08 Å². The van der Waals surface area contributed by atoms with E-state index >= 15 is 0 Å². The van der Waals surface area contributed by atoms with Crippen LogP contribution in [0.15, 0.2) is 175 Å². The molecule has 4 unspecified atom stereocenters. The molecule has 0 bridgehead atoms. The number of ether oxygens (including phenoxy) is 23. The number of aliphatic imine (C=N–C) groups is 2. The molecule has 140 heavy (non-hydrogen) atoms. The summed E-state index contributed by atoms with van der Waals surface area (Å²) in [5, 5.41) is 12.9. The van der Waals surface area contributed by atoms with Gasteiger partial charge in [-0.25, -0.2) is 4.42 Å². The number of benzene rings is 5. The van der Waals surface area contributed by atoms with Crippen molar-refractivity contribution in [1.82, 2.24) is 19.6 Å². The summed E-state index contributed by atoms with van der Waals surface area (Å²) in [6, 6.07) is 26.7. The molecule has 26 aliphatic rings. The van der Waals surface area contributed by atoms with Crippen LogP contribution in [0.1, 0.15) is 155 Å². The number of hydrogen-bond donors (Lipinski definition) is 0. The third-order valence-corrected chi connectivity index (χ3v) is 28.7. The van der Waals surface area contributed by atoms with E-state index in [0.29, 0.717) is 48.1 Å². The molecule has 19 aliphatic heterocycles. The van der Waals surface area contributed by atoms with E-state index in [-0.39, 0.29) is 145 Å². The summed E-state index contributed by atoms with van der Waals surface area (Å²) in [7, 11) is 0. The van der Waals surface area contributed by atoms with Gasteiger partial charge in [-0.15, -0.1) is 0 Å². The SMILES string of the molecule is C.C.CC1(C)O[C@@H]2C(=O)C3=C([C@@H]2O1)N1CC1c1cc2c(cc13)OCO2.CC1(C)O[C@@H]2C(=O)C3=C([C@@H]2O1)N1CC1c1cc2c(cc13)OCO2.CC1(C)O[C@@H]2C(=O)C3C(=NCC=C4C=C5OCOC5=CC43)[C@@H]2O1.CC1(C)O[C@@H]2C(=O)C=C(N3C[C@@H]3c3ccc4c(c3)OCO4)[C@@H]2O1.CC1(C)O[C@@H]2C(=O)C=C(N3C[C@H]3c3ccc4c(c3)OCO4)[C@@H]2O1.CC1(C)O[C@@H]2C([O-])=CC(=NC/C=c3\ccc4c(c3)OC[O+]=4)[C@@H]2O1. The zero-order chi connectivity index (χ0) is 94.3. The van der Waals surface area contributed by atoms with E-state index < -0.39 is 77.5 Å². The number of ketones is 5. The van der Waals surface area contributed by atoms with Crippen molar-refractivity contribution in [2.75, 3.05) is 80.0 Å². The normalized spacial score (nSPS) is 33.5. The van der Waals surface area contributed by atoms with Crippen molar-refractivity contribution < 1.29 is 138 Å². The van der Waals surface area contributed by atoms with Crippen LogP contribution in [0.4, 0.5) is 0 Å². The molecule has 1 saturated carbocycles. The molecule has 732 valence electrons. The average molecular weight is 1920 g/mol. The lowest BCUT2D eigenvalue weighted by Crippen LogP contribution is -2.33. The molecule has 0 N–H and O–H groups in total. The Balaban J connectivity index is 0.0000000908. The lowest BCUT2D eigenvalue weighted by molar-refractivity contribution is -0.322. The summed E-state index contributed by atoms with van der Waals surface area (Å²) >= 11 is 0. The van der Waals surface area contributed by atoms with Gasteiger partial charge in [-0.1, -0.05) is 44.9 Å². The molecule has 19 heterocycles. The van der Waals surface area contributed by atoms with Crippen LogP contribution >= 0.6 is 0 Å². The molecular formula is C104H106N6O30. The fourth-order valence-electron chi connectivity index (χ4n) is 22.6. The maximum absolute atomic E-state index is 13.0.